The molecule has 0 aliphatic rings. The Bertz CT molecular complexity index is 818. The highest BCUT2D eigenvalue weighted by atomic mass is 35.5. The molecule has 1 atom stereocenters. The van der Waals surface area contributed by atoms with E-state index in [2.05, 4.69) is 9.97 Å². The van der Waals surface area contributed by atoms with Crippen LogP contribution < -0.4 is 4.74 Å². The van der Waals surface area contributed by atoms with Crippen LogP contribution in [0, 0.1) is 0 Å². The molecule has 0 bridgehead atoms. The third kappa shape index (κ3) is 4.58. The van der Waals surface area contributed by atoms with Gasteiger partial charge >= 0.3 is 5.97 Å². The lowest BCUT2D eigenvalue weighted by atomic mass is 10.3. The van der Waals surface area contributed by atoms with Gasteiger partial charge in [0.15, 0.2) is 0 Å². The third-order valence-corrected chi connectivity index (χ3v) is 3.60. The summed E-state index contributed by atoms with van der Waals surface area (Å²) in [5.74, 6) is 0.893. The minimum atomic E-state index is -0.448. The van der Waals surface area contributed by atoms with Gasteiger partial charge in [0.2, 0.25) is 0 Å². The molecule has 0 radical (unpaired) electrons. The van der Waals surface area contributed by atoms with Crippen molar-refractivity contribution in [3.05, 3.63) is 71.9 Å². The third-order valence-electron chi connectivity index (χ3n) is 3.35. The molecule has 0 amide bonds. The molecule has 3 rings (SSSR count). The molecule has 0 aliphatic carbocycles. The van der Waals surface area contributed by atoms with Crippen LogP contribution in [0.4, 0.5) is 0 Å². The molecule has 0 N–H and O–H groups in total. The summed E-state index contributed by atoms with van der Waals surface area (Å²) in [7, 11) is 0. The fraction of sp³-hybridized carbons (Fsp3) is 0.167. The number of hydrogen-bond donors (Lipinski definition) is 0. The van der Waals surface area contributed by atoms with Crippen molar-refractivity contribution in [3.8, 4) is 11.6 Å². The minimum Gasteiger partial charge on any atom is -0.487 e. The molecular formula is C18H16ClN3O3. The highest BCUT2D eigenvalue weighted by Gasteiger charge is 2.12. The topological polar surface area (TPSA) is 66.2 Å². The normalized spacial score (nSPS) is 11.8. The highest BCUT2D eigenvalue weighted by Crippen LogP contribution is 2.17. The number of halogens is 1. The molecule has 1 aromatic carbocycles. The first-order chi connectivity index (χ1) is 12.1. The number of benzene rings is 1. The number of ether oxygens (including phenoxy) is 2. The molecule has 2 aromatic heterocycles. The van der Waals surface area contributed by atoms with Crippen molar-refractivity contribution in [2.75, 3.05) is 6.61 Å². The SMILES string of the molecule is C[C@@H](COC(=O)c1ccc(-n2ccnc2)nc1)Oc1ccc(Cl)cc1. The van der Waals surface area contributed by atoms with Crippen LogP contribution in [0.1, 0.15) is 17.3 Å². The Morgan fingerprint density at radius 3 is 2.68 bits per heavy atom. The van der Waals surface area contributed by atoms with Crippen molar-refractivity contribution in [1.29, 1.82) is 0 Å². The Morgan fingerprint density at radius 2 is 2.04 bits per heavy atom. The maximum absolute atomic E-state index is 12.1. The van der Waals surface area contributed by atoms with E-state index in [1.54, 1.807) is 59.7 Å². The fourth-order valence-corrected chi connectivity index (χ4v) is 2.24. The smallest absolute Gasteiger partial charge is 0.339 e. The molecule has 0 saturated heterocycles. The van der Waals surface area contributed by atoms with Gasteiger partial charge in [-0.3, -0.25) is 4.57 Å². The van der Waals surface area contributed by atoms with Crippen molar-refractivity contribution < 1.29 is 14.3 Å². The van der Waals surface area contributed by atoms with Gasteiger partial charge in [-0.25, -0.2) is 14.8 Å². The maximum Gasteiger partial charge on any atom is 0.339 e. The number of rotatable bonds is 6. The quantitative estimate of drug-likeness (QED) is 0.631. The second-order valence-electron chi connectivity index (χ2n) is 5.36. The van der Waals surface area contributed by atoms with Gasteiger partial charge in [0.1, 0.15) is 30.6 Å². The number of carbonyl (C=O) groups excluding carboxylic acids is 1. The van der Waals surface area contributed by atoms with E-state index in [-0.39, 0.29) is 12.7 Å². The van der Waals surface area contributed by atoms with Gasteiger partial charge in [-0.1, -0.05) is 11.6 Å². The maximum atomic E-state index is 12.1. The van der Waals surface area contributed by atoms with E-state index in [0.29, 0.717) is 22.2 Å². The van der Waals surface area contributed by atoms with Crippen LogP contribution in [0.15, 0.2) is 61.3 Å². The van der Waals surface area contributed by atoms with Crippen LogP contribution in [0.2, 0.25) is 5.02 Å². The zero-order chi connectivity index (χ0) is 17.6. The molecule has 6 nitrogen and oxygen atoms in total. The number of imidazole rings is 1. The predicted molar refractivity (Wildman–Crippen MR) is 93.2 cm³/mol. The molecule has 3 aromatic rings. The summed E-state index contributed by atoms with van der Waals surface area (Å²) < 4.78 is 12.7. The molecule has 0 unspecified atom stereocenters. The molecule has 7 heteroatoms. The van der Waals surface area contributed by atoms with Crippen molar-refractivity contribution in [2.24, 2.45) is 0 Å². The van der Waals surface area contributed by atoms with Gasteiger partial charge in [0.25, 0.3) is 0 Å². The van der Waals surface area contributed by atoms with Crippen LogP contribution in [0.25, 0.3) is 5.82 Å². The Labute approximate surface area is 150 Å². The molecule has 128 valence electrons. The zero-order valence-corrected chi connectivity index (χ0v) is 14.3. The summed E-state index contributed by atoms with van der Waals surface area (Å²) >= 11 is 5.83. The van der Waals surface area contributed by atoms with Gasteiger partial charge in [-0.2, -0.15) is 0 Å². The molecule has 0 spiro atoms. The average Bonchev–Trinajstić information content (AvgIpc) is 3.16. The van der Waals surface area contributed by atoms with Crippen molar-refractivity contribution >= 4 is 17.6 Å². The summed E-state index contributed by atoms with van der Waals surface area (Å²) in [4.78, 5) is 20.3. The van der Waals surface area contributed by atoms with Gasteiger partial charge in [0, 0.05) is 23.6 Å². The van der Waals surface area contributed by atoms with E-state index < -0.39 is 5.97 Å². The number of aromatic nitrogens is 3. The van der Waals surface area contributed by atoms with Crippen LogP contribution in [-0.2, 0) is 4.74 Å². The molecule has 0 aliphatic heterocycles. The van der Waals surface area contributed by atoms with E-state index in [1.807, 2.05) is 6.92 Å². The van der Waals surface area contributed by atoms with E-state index in [1.165, 1.54) is 6.20 Å². The van der Waals surface area contributed by atoms with Gasteiger partial charge in [0.05, 0.1) is 5.56 Å². The lowest BCUT2D eigenvalue weighted by molar-refractivity contribution is 0.0341. The van der Waals surface area contributed by atoms with Crippen molar-refractivity contribution in [3.63, 3.8) is 0 Å². The number of pyridine rings is 1. The number of carbonyl (C=O) groups is 1. The first kappa shape index (κ1) is 17.0. The van der Waals surface area contributed by atoms with Crippen LogP contribution in [-0.4, -0.2) is 33.2 Å². The monoisotopic (exact) mass is 357 g/mol. The van der Waals surface area contributed by atoms with Crippen molar-refractivity contribution in [2.45, 2.75) is 13.0 Å². The average molecular weight is 358 g/mol. The molecule has 25 heavy (non-hydrogen) atoms. The lowest BCUT2D eigenvalue weighted by Gasteiger charge is -2.15. The van der Waals surface area contributed by atoms with E-state index >= 15 is 0 Å². The van der Waals surface area contributed by atoms with E-state index in [0.717, 1.165) is 0 Å². The zero-order valence-electron chi connectivity index (χ0n) is 13.5. The standard InChI is InChI=1S/C18H16ClN3O3/c1-13(25-16-5-3-15(19)4-6-16)11-24-18(23)14-2-7-17(21-10-14)22-9-8-20-12-22/h2-10,12-13H,11H2,1H3/t13-/m0/s1. The lowest BCUT2D eigenvalue weighted by Crippen LogP contribution is -2.21. The van der Waals surface area contributed by atoms with Gasteiger partial charge < -0.3 is 9.47 Å². The Hall–Kier alpha value is -2.86. The molecule has 2 heterocycles. The Balaban J connectivity index is 1.52. The van der Waals surface area contributed by atoms with Crippen molar-refractivity contribution in [1.82, 2.24) is 14.5 Å². The summed E-state index contributed by atoms with van der Waals surface area (Å²) in [5, 5.41) is 0.637. The largest absolute Gasteiger partial charge is 0.487 e. The summed E-state index contributed by atoms with van der Waals surface area (Å²) in [6, 6.07) is 10.4. The fourth-order valence-electron chi connectivity index (χ4n) is 2.11. The number of hydrogen-bond acceptors (Lipinski definition) is 5. The number of esters is 1. The summed E-state index contributed by atoms with van der Waals surface area (Å²) in [6.45, 7) is 1.95. The first-order valence-corrected chi connectivity index (χ1v) is 8.03. The molecular weight excluding hydrogens is 342 g/mol. The second kappa shape index (κ2) is 7.81. The van der Waals surface area contributed by atoms with E-state index in [4.69, 9.17) is 21.1 Å². The van der Waals surface area contributed by atoms with Crippen LogP contribution >= 0.6 is 11.6 Å². The highest BCUT2D eigenvalue weighted by molar-refractivity contribution is 6.30. The summed E-state index contributed by atoms with van der Waals surface area (Å²) in [6.07, 6.45) is 6.25. The second-order valence-corrected chi connectivity index (χ2v) is 5.79. The molecule has 0 fully saturated rings. The van der Waals surface area contributed by atoms with Crippen LogP contribution in [0.5, 0.6) is 5.75 Å². The predicted octanol–water partition coefficient (Wildman–Crippen LogP) is 3.55. The van der Waals surface area contributed by atoms with Crippen LogP contribution in [0.3, 0.4) is 0 Å². The van der Waals surface area contributed by atoms with Gasteiger partial charge in [-0.15, -0.1) is 0 Å². The number of nitrogens with zero attached hydrogens (tertiary/aromatic N) is 3. The van der Waals surface area contributed by atoms with Gasteiger partial charge in [-0.05, 0) is 43.3 Å². The first-order valence-electron chi connectivity index (χ1n) is 7.65. The summed E-state index contributed by atoms with van der Waals surface area (Å²) in [5.41, 5.74) is 0.377. The van der Waals surface area contributed by atoms with E-state index in [9.17, 15) is 4.79 Å². The Morgan fingerprint density at radius 1 is 1.24 bits per heavy atom. The molecule has 0 saturated carbocycles. The minimum absolute atomic E-state index is 0.130. The Kier molecular flexibility index (Phi) is 5.30.